The highest BCUT2D eigenvalue weighted by atomic mass is 35.5. The van der Waals surface area contributed by atoms with Gasteiger partial charge in [0.15, 0.2) is 5.13 Å². The Labute approximate surface area is 91.1 Å². The van der Waals surface area contributed by atoms with Crippen LogP contribution in [0.15, 0.2) is 5.38 Å². The fourth-order valence-corrected chi connectivity index (χ4v) is 2.08. The lowest BCUT2D eigenvalue weighted by atomic mass is 10.3. The molecule has 1 N–H and O–H groups in total. The number of aliphatic carboxylic acids is 1. The number of carboxylic acids is 1. The zero-order valence-electron chi connectivity index (χ0n) is 7.90. The molecule has 1 aromatic heterocycles. The Morgan fingerprint density at radius 3 is 2.79 bits per heavy atom. The number of rotatable bonds is 4. The molecule has 14 heavy (non-hydrogen) atoms. The monoisotopic (exact) mass is 234 g/mol. The molecule has 4 nitrogen and oxygen atoms in total. The number of thiazole rings is 1. The zero-order chi connectivity index (χ0) is 10.7. The first-order valence-electron chi connectivity index (χ1n) is 4.10. The van der Waals surface area contributed by atoms with Gasteiger partial charge in [0.25, 0.3) is 0 Å². The Bertz CT molecular complexity index is 327. The van der Waals surface area contributed by atoms with Crippen LogP contribution in [0.25, 0.3) is 0 Å². The average molecular weight is 235 g/mol. The van der Waals surface area contributed by atoms with Crippen LogP contribution in [0, 0.1) is 0 Å². The fraction of sp³-hybridized carbons (Fsp3) is 0.500. The quantitative estimate of drug-likeness (QED) is 0.867. The lowest BCUT2D eigenvalue weighted by Crippen LogP contribution is -2.35. The molecule has 1 rings (SSSR count). The lowest BCUT2D eigenvalue weighted by molar-refractivity contribution is -0.135. The van der Waals surface area contributed by atoms with Crippen molar-refractivity contribution in [3.8, 4) is 0 Å². The molecule has 0 radical (unpaired) electrons. The molecule has 0 saturated carbocycles. The highest BCUT2D eigenvalue weighted by Crippen LogP contribution is 2.24. The van der Waals surface area contributed by atoms with Crippen molar-refractivity contribution < 1.29 is 9.90 Å². The molecule has 0 fully saturated rings. The summed E-state index contributed by atoms with van der Waals surface area (Å²) in [4.78, 5) is 16.3. The minimum absolute atomic E-state index is 0.0541. The minimum atomic E-state index is -0.870. The molecule has 0 bridgehead atoms. The largest absolute Gasteiger partial charge is 0.480 e. The molecule has 6 heteroatoms. The van der Waals surface area contributed by atoms with Crippen molar-refractivity contribution in [1.29, 1.82) is 0 Å². The second kappa shape index (κ2) is 4.61. The molecule has 0 aliphatic carbocycles. The van der Waals surface area contributed by atoms with Crippen molar-refractivity contribution in [2.45, 2.75) is 19.9 Å². The summed E-state index contributed by atoms with van der Waals surface area (Å²) in [6.07, 6.45) is 0. The summed E-state index contributed by atoms with van der Waals surface area (Å²) >= 11 is 7.02. The Kier molecular flexibility index (Phi) is 3.71. The van der Waals surface area contributed by atoms with Gasteiger partial charge in [-0.3, -0.25) is 4.79 Å². The molecule has 0 aliphatic rings. The summed E-state index contributed by atoms with van der Waals surface area (Å²) in [5.41, 5.74) is 0. The number of aromatic nitrogens is 1. The first-order chi connectivity index (χ1) is 6.50. The maximum atomic E-state index is 10.6. The summed E-state index contributed by atoms with van der Waals surface area (Å²) in [7, 11) is 0. The van der Waals surface area contributed by atoms with Crippen LogP contribution in [0.4, 0.5) is 5.13 Å². The van der Waals surface area contributed by atoms with Crippen LogP contribution in [-0.2, 0) is 4.79 Å². The van der Waals surface area contributed by atoms with Gasteiger partial charge in [-0.05, 0) is 13.8 Å². The Balaban J connectivity index is 2.82. The predicted octanol–water partition coefficient (Wildman–Crippen LogP) is 2.10. The first kappa shape index (κ1) is 11.3. The van der Waals surface area contributed by atoms with E-state index in [1.807, 2.05) is 13.8 Å². The summed E-state index contributed by atoms with van der Waals surface area (Å²) in [6.45, 7) is 3.78. The third-order valence-electron chi connectivity index (χ3n) is 1.64. The molecule has 1 aromatic rings. The maximum Gasteiger partial charge on any atom is 0.323 e. The predicted molar refractivity (Wildman–Crippen MR) is 57.2 cm³/mol. The highest BCUT2D eigenvalue weighted by Gasteiger charge is 2.16. The molecule has 1 heterocycles. The number of halogens is 1. The Morgan fingerprint density at radius 2 is 2.43 bits per heavy atom. The van der Waals surface area contributed by atoms with Gasteiger partial charge >= 0.3 is 5.97 Å². The van der Waals surface area contributed by atoms with Gasteiger partial charge < -0.3 is 10.0 Å². The van der Waals surface area contributed by atoms with E-state index in [0.717, 1.165) is 0 Å². The zero-order valence-corrected chi connectivity index (χ0v) is 9.47. The van der Waals surface area contributed by atoms with E-state index in [-0.39, 0.29) is 12.6 Å². The molecule has 0 atom stereocenters. The van der Waals surface area contributed by atoms with Crippen LogP contribution >= 0.6 is 22.9 Å². The molecule has 0 saturated heterocycles. The second-order valence-corrected chi connectivity index (χ2v) is 4.29. The summed E-state index contributed by atoms with van der Waals surface area (Å²) in [5.74, 6) is -0.870. The van der Waals surface area contributed by atoms with E-state index in [1.165, 1.54) is 11.3 Å². The van der Waals surface area contributed by atoms with E-state index >= 15 is 0 Å². The topological polar surface area (TPSA) is 53.4 Å². The lowest BCUT2D eigenvalue weighted by Gasteiger charge is -2.23. The average Bonchev–Trinajstić information content (AvgIpc) is 2.46. The van der Waals surface area contributed by atoms with E-state index in [9.17, 15) is 4.79 Å². The maximum absolute atomic E-state index is 10.6. The molecule has 0 unspecified atom stereocenters. The SMILES string of the molecule is CC(C)N(CC(=O)O)c1nc(Cl)cs1. The number of hydrogen-bond acceptors (Lipinski definition) is 4. The van der Waals surface area contributed by atoms with Crippen LogP contribution in [0.1, 0.15) is 13.8 Å². The van der Waals surface area contributed by atoms with Crippen molar-refractivity contribution in [2.24, 2.45) is 0 Å². The van der Waals surface area contributed by atoms with E-state index in [1.54, 1.807) is 10.3 Å². The fourth-order valence-electron chi connectivity index (χ4n) is 0.994. The smallest absolute Gasteiger partial charge is 0.323 e. The Hall–Kier alpha value is -0.810. The van der Waals surface area contributed by atoms with Gasteiger partial charge in [-0.2, -0.15) is 0 Å². The standard InChI is InChI=1S/C8H11ClN2O2S/c1-5(2)11(3-7(12)13)8-10-6(9)4-14-8/h4-5H,3H2,1-2H3,(H,12,13). The van der Waals surface area contributed by atoms with Gasteiger partial charge in [0.05, 0.1) is 0 Å². The van der Waals surface area contributed by atoms with Gasteiger partial charge in [-0.25, -0.2) is 4.98 Å². The third kappa shape index (κ3) is 2.85. The van der Waals surface area contributed by atoms with E-state index < -0.39 is 5.97 Å². The van der Waals surface area contributed by atoms with Crippen molar-refractivity contribution in [2.75, 3.05) is 11.4 Å². The molecule has 0 aliphatic heterocycles. The normalized spacial score (nSPS) is 10.6. The molecule has 0 spiro atoms. The van der Waals surface area contributed by atoms with Gasteiger partial charge in [-0.15, -0.1) is 11.3 Å². The van der Waals surface area contributed by atoms with E-state index in [4.69, 9.17) is 16.7 Å². The number of carboxylic acid groups (broad SMARTS) is 1. The van der Waals surface area contributed by atoms with Gasteiger partial charge in [0.1, 0.15) is 11.7 Å². The van der Waals surface area contributed by atoms with Gasteiger partial charge in [-0.1, -0.05) is 11.6 Å². The summed E-state index contributed by atoms with van der Waals surface area (Å²) in [6, 6.07) is 0.0910. The Morgan fingerprint density at radius 1 is 1.79 bits per heavy atom. The highest BCUT2D eigenvalue weighted by molar-refractivity contribution is 7.14. The third-order valence-corrected chi connectivity index (χ3v) is 2.84. The van der Waals surface area contributed by atoms with Crippen LogP contribution in [0.5, 0.6) is 0 Å². The first-order valence-corrected chi connectivity index (χ1v) is 5.36. The molecule has 78 valence electrons. The molecule has 0 amide bonds. The molecular formula is C8H11ClN2O2S. The van der Waals surface area contributed by atoms with Gasteiger partial charge in [0, 0.05) is 11.4 Å². The van der Waals surface area contributed by atoms with Crippen molar-refractivity contribution in [3.05, 3.63) is 10.5 Å². The number of anilines is 1. The second-order valence-electron chi connectivity index (χ2n) is 3.07. The minimum Gasteiger partial charge on any atom is -0.480 e. The van der Waals surface area contributed by atoms with Crippen molar-refractivity contribution in [3.63, 3.8) is 0 Å². The summed E-state index contributed by atoms with van der Waals surface area (Å²) in [5, 5.41) is 11.4. The molecular weight excluding hydrogens is 224 g/mol. The van der Waals surface area contributed by atoms with Crippen LogP contribution < -0.4 is 4.90 Å². The number of carbonyl (C=O) groups is 1. The summed E-state index contributed by atoms with van der Waals surface area (Å²) < 4.78 is 0. The van der Waals surface area contributed by atoms with Crippen LogP contribution in [0.3, 0.4) is 0 Å². The van der Waals surface area contributed by atoms with E-state index in [2.05, 4.69) is 4.98 Å². The van der Waals surface area contributed by atoms with Crippen molar-refractivity contribution in [1.82, 2.24) is 4.98 Å². The number of hydrogen-bond donors (Lipinski definition) is 1. The van der Waals surface area contributed by atoms with E-state index in [0.29, 0.717) is 10.3 Å². The van der Waals surface area contributed by atoms with Crippen LogP contribution in [-0.4, -0.2) is 28.6 Å². The van der Waals surface area contributed by atoms with Gasteiger partial charge in [0.2, 0.25) is 0 Å². The number of nitrogens with zero attached hydrogens (tertiary/aromatic N) is 2. The van der Waals surface area contributed by atoms with Crippen LogP contribution in [0.2, 0.25) is 5.15 Å². The molecule has 0 aromatic carbocycles. The van der Waals surface area contributed by atoms with Crippen molar-refractivity contribution >= 4 is 34.0 Å².